The fourth-order valence-electron chi connectivity index (χ4n) is 1.07. The molecule has 16 heavy (non-hydrogen) atoms. The lowest BCUT2D eigenvalue weighted by molar-refractivity contribution is -0.138. The number of benzene rings is 1. The number of halogens is 5. The number of hydrogen-bond acceptors (Lipinski definition) is 1. The van der Waals surface area contributed by atoms with E-state index in [4.69, 9.17) is 0 Å². The monoisotopic (exact) mass is 238 g/mol. The zero-order valence-corrected chi connectivity index (χ0v) is 7.89. The van der Waals surface area contributed by atoms with Crippen molar-refractivity contribution in [3.63, 3.8) is 0 Å². The van der Waals surface area contributed by atoms with Crippen molar-refractivity contribution in [2.24, 2.45) is 0 Å². The molecule has 1 nitrogen and oxygen atoms in total. The van der Waals surface area contributed by atoms with E-state index in [-0.39, 0.29) is 5.56 Å². The third kappa shape index (κ3) is 3.22. The van der Waals surface area contributed by atoms with Crippen LogP contribution in [0.25, 0.3) is 6.08 Å². The van der Waals surface area contributed by atoms with Gasteiger partial charge in [-0.2, -0.15) is 22.0 Å². The minimum Gasteiger partial charge on any atom is -0.435 e. The molecule has 1 aromatic carbocycles. The van der Waals surface area contributed by atoms with Gasteiger partial charge in [0.25, 0.3) is 0 Å². The van der Waals surface area contributed by atoms with Crippen LogP contribution in [0.2, 0.25) is 0 Å². The molecule has 1 aromatic rings. The molecule has 88 valence electrons. The number of ether oxygens (including phenoxy) is 1. The molecule has 6 heteroatoms. The van der Waals surface area contributed by atoms with E-state index in [1.165, 1.54) is 0 Å². The van der Waals surface area contributed by atoms with E-state index in [2.05, 4.69) is 11.3 Å². The Bertz CT molecular complexity index is 383. The van der Waals surface area contributed by atoms with Gasteiger partial charge in [0, 0.05) is 0 Å². The van der Waals surface area contributed by atoms with Crippen LogP contribution in [0, 0.1) is 0 Å². The summed E-state index contributed by atoms with van der Waals surface area (Å²) in [5, 5.41) is 0. The van der Waals surface area contributed by atoms with E-state index in [0.29, 0.717) is 6.07 Å². The van der Waals surface area contributed by atoms with Crippen LogP contribution in [0.4, 0.5) is 22.0 Å². The van der Waals surface area contributed by atoms with Crippen molar-refractivity contribution in [2.45, 2.75) is 12.8 Å². The first-order chi connectivity index (χ1) is 7.32. The molecule has 0 fully saturated rings. The molecule has 0 aliphatic carbocycles. The molecule has 0 saturated carbocycles. The summed E-state index contributed by atoms with van der Waals surface area (Å²) >= 11 is 0. The summed E-state index contributed by atoms with van der Waals surface area (Å²) in [6.45, 7) is 0.0984. The molecule has 1 rings (SSSR count). The van der Waals surface area contributed by atoms with Crippen LogP contribution >= 0.6 is 0 Å². The SMILES string of the molecule is C=Cc1cc(OC(F)F)cc(C(F)(F)F)c1. The zero-order chi connectivity index (χ0) is 12.3. The van der Waals surface area contributed by atoms with Crippen LogP contribution in [0.3, 0.4) is 0 Å². The lowest BCUT2D eigenvalue weighted by Crippen LogP contribution is -2.08. The molecule has 0 spiro atoms. The third-order valence-electron chi connectivity index (χ3n) is 1.72. The Kier molecular flexibility index (Phi) is 3.51. The van der Waals surface area contributed by atoms with Crippen molar-refractivity contribution in [1.29, 1.82) is 0 Å². The van der Waals surface area contributed by atoms with Crippen LogP contribution in [0.5, 0.6) is 5.75 Å². The van der Waals surface area contributed by atoms with Gasteiger partial charge in [-0.05, 0) is 23.8 Å². The van der Waals surface area contributed by atoms with E-state index in [0.717, 1.165) is 18.2 Å². The number of rotatable bonds is 3. The first-order valence-corrected chi connectivity index (χ1v) is 4.12. The second-order valence-electron chi connectivity index (χ2n) is 2.87. The zero-order valence-electron chi connectivity index (χ0n) is 7.89. The van der Waals surface area contributed by atoms with Gasteiger partial charge in [0.15, 0.2) is 0 Å². The van der Waals surface area contributed by atoms with Gasteiger partial charge in [0.1, 0.15) is 5.75 Å². The van der Waals surface area contributed by atoms with Crippen LogP contribution in [-0.4, -0.2) is 6.61 Å². The molecular formula is C10H7F5O. The van der Waals surface area contributed by atoms with Crippen molar-refractivity contribution in [1.82, 2.24) is 0 Å². The quantitative estimate of drug-likeness (QED) is 0.724. The maximum absolute atomic E-state index is 12.3. The van der Waals surface area contributed by atoms with Crippen molar-refractivity contribution in [2.75, 3.05) is 0 Å². The highest BCUT2D eigenvalue weighted by molar-refractivity contribution is 5.52. The van der Waals surface area contributed by atoms with Crippen molar-refractivity contribution >= 4 is 6.08 Å². The van der Waals surface area contributed by atoms with Gasteiger partial charge in [0.2, 0.25) is 0 Å². The third-order valence-corrected chi connectivity index (χ3v) is 1.72. The molecule has 0 bridgehead atoms. The van der Waals surface area contributed by atoms with Gasteiger partial charge in [0.05, 0.1) is 5.56 Å². The predicted molar refractivity (Wildman–Crippen MR) is 48.2 cm³/mol. The fourth-order valence-corrected chi connectivity index (χ4v) is 1.07. The van der Waals surface area contributed by atoms with E-state index < -0.39 is 24.1 Å². The standard InChI is InChI=1S/C10H7F5O/c1-2-6-3-7(10(13,14)15)5-8(4-6)16-9(11)12/h2-5,9H,1H2. The van der Waals surface area contributed by atoms with E-state index >= 15 is 0 Å². The molecule has 0 radical (unpaired) electrons. The smallest absolute Gasteiger partial charge is 0.416 e. The first kappa shape index (κ1) is 12.5. The van der Waals surface area contributed by atoms with E-state index in [1.807, 2.05) is 0 Å². The summed E-state index contributed by atoms with van der Waals surface area (Å²) in [5.41, 5.74) is -0.994. The van der Waals surface area contributed by atoms with Crippen LogP contribution in [0.1, 0.15) is 11.1 Å². The van der Waals surface area contributed by atoms with Gasteiger partial charge in [-0.15, -0.1) is 0 Å². The molecule has 0 aromatic heterocycles. The molecule has 0 amide bonds. The van der Waals surface area contributed by atoms with Crippen molar-refractivity contribution < 1.29 is 26.7 Å². The average Bonchev–Trinajstić information content (AvgIpc) is 2.14. The van der Waals surface area contributed by atoms with Gasteiger partial charge in [-0.1, -0.05) is 12.7 Å². The Morgan fingerprint density at radius 1 is 1.19 bits per heavy atom. The maximum atomic E-state index is 12.3. The first-order valence-electron chi connectivity index (χ1n) is 4.12. The molecule has 0 unspecified atom stereocenters. The molecule has 0 atom stereocenters. The molecular weight excluding hydrogens is 231 g/mol. The minimum absolute atomic E-state index is 0.0606. The van der Waals surface area contributed by atoms with Gasteiger partial charge in [-0.25, -0.2) is 0 Å². The van der Waals surface area contributed by atoms with Crippen molar-refractivity contribution in [3.05, 3.63) is 35.9 Å². The molecule has 0 saturated heterocycles. The van der Waals surface area contributed by atoms with E-state index in [9.17, 15) is 22.0 Å². The highest BCUT2D eigenvalue weighted by atomic mass is 19.4. The average molecular weight is 238 g/mol. The Balaban J connectivity index is 3.16. The van der Waals surface area contributed by atoms with Crippen LogP contribution < -0.4 is 4.74 Å². The van der Waals surface area contributed by atoms with Crippen LogP contribution in [-0.2, 0) is 6.18 Å². The van der Waals surface area contributed by atoms with Gasteiger partial charge in [-0.3, -0.25) is 0 Å². The van der Waals surface area contributed by atoms with Crippen LogP contribution in [0.15, 0.2) is 24.8 Å². The maximum Gasteiger partial charge on any atom is 0.416 e. The summed E-state index contributed by atoms with van der Waals surface area (Å²) in [5.74, 6) is -0.542. The highest BCUT2D eigenvalue weighted by Crippen LogP contribution is 2.33. The van der Waals surface area contributed by atoms with Gasteiger partial charge < -0.3 is 4.74 Å². The number of hydrogen-bond donors (Lipinski definition) is 0. The number of alkyl halides is 5. The molecule has 0 N–H and O–H groups in total. The molecule has 0 heterocycles. The Hall–Kier alpha value is -1.59. The Labute approximate surface area is 88.1 Å². The second kappa shape index (κ2) is 4.51. The topological polar surface area (TPSA) is 9.23 Å². The second-order valence-corrected chi connectivity index (χ2v) is 2.87. The summed E-state index contributed by atoms with van der Waals surface area (Å²) in [7, 11) is 0. The highest BCUT2D eigenvalue weighted by Gasteiger charge is 2.31. The van der Waals surface area contributed by atoms with Gasteiger partial charge >= 0.3 is 12.8 Å². The van der Waals surface area contributed by atoms with E-state index in [1.54, 1.807) is 0 Å². The summed E-state index contributed by atoms with van der Waals surface area (Å²) in [6.07, 6.45) is -3.49. The minimum atomic E-state index is -4.61. The lowest BCUT2D eigenvalue weighted by Gasteiger charge is -2.11. The summed E-state index contributed by atoms with van der Waals surface area (Å²) in [6, 6.07) is 2.36. The predicted octanol–water partition coefficient (Wildman–Crippen LogP) is 3.95. The lowest BCUT2D eigenvalue weighted by atomic mass is 10.1. The van der Waals surface area contributed by atoms with Crippen molar-refractivity contribution in [3.8, 4) is 5.75 Å². The summed E-state index contributed by atoms with van der Waals surface area (Å²) in [4.78, 5) is 0. The molecule has 0 aliphatic rings. The fraction of sp³-hybridized carbons (Fsp3) is 0.200. The normalized spacial score (nSPS) is 11.6. The largest absolute Gasteiger partial charge is 0.435 e. The Morgan fingerprint density at radius 3 is 2.25 bits per heavy atom. The Morgan fingerprint density at radius 2 is 1.81 bits per heavy atom. The summed E-state index contributed by atoms with van der Waals surface area (Å²) < 4.78 is 64.7. The molecule has 0 aliphatic heterocycles.